The highest BCUT2D eigenvalue weighted by Gasteiger charge is 2.42. The number of nitrogens with two attached hydrogens (primary N) is 1. The first-order valence-corrected chi connectivity index (χ1v) is 8.74. The number of amides is 2. The van der Waals surface area contributed by atoms with Gasteiger partial charge < -0.3 is 15.7 Å². The van der Waals surface area contributed by atoms with Crippen molar-refractivity contribution >= 4 is 22.7 Å². The zero-order valence-electron chi connectivity index (χ0n) is 15.4. The first-order chi connectivity index (χ1) is 13.8. The van der Waals surface area contributed by atoms with Crippen LogP contribution in [-0.2, 0) is 4.79 Å². The highest BCUT2D eigenvalue weighted by molar-refractivity contribution is 6.04. The molecule has 1 saturated heterocycles. The number of carbonyl (C=O) groups is 2. The van der Waals surface area contributed by atoms with Crippen LogP contribution in [0.1, 0.15) is 22.5 Å². The van der Waals surface area contributed by atoms with E-state index >= 15 is 0 Å². The van der Waals surface area contributed by atoms with E-state index in [-0.39, 0.29) is 17.5 Å². The van der Waals surface area contributed by atoms with Gasteiger partial charge in [-0.1, -0.05) is 11.8 Å². The van der Waals surface area contributed by atoms with Crippen LogP contribution in [0, 0.1) is 17.7 Å². The number of benzene rings is 1. The molecule has 0 unspecified atom stereocenters. The van der Waals surface area contributed by atoms with Crippen molar-refractivity contribution in [2.24, 2.45) is 5.73 Å². The van der Waals surface area contributed by atoms with Gasteiger partial charge in [0.15, 0.2) is 11.5 Å². The van der Waals surface area contributed by atoms with E-state index in [4.69, 9.17) is 5.73 Å². The van der Waals surface area contributed by atoms with Crippen molar-refractivity contribution in [1.82, 2.24) is 19.7 Å². The van der Waals surface area contributed by atoms with Gasteiger partial charge in [-0.15, -0.1) is 0 Å². The summed E-state index contributed by atoms with van der Waals surface area (Å²) in [5.41, 5.74) is 4.50. The van der Waals surface area contributed by atoms with Crippen LogP contribution < -0.4 is 5.73 Å². The van der Waals surface area contributed by atoms with E-state index in [1.165, 1.54) is 34.0 Å². The molecule has 8 nitrogen and oxygen atoms in total. The summed E-state index contributed by atoms with van der Waals surface area (Å²) in [5, 5.41) is 14.9. The summed E-state index contributed by atoms with van der Waals surface area (Å²) in [5.74, 6) is 4.00. The average molecular weight is 393 g/mol. The van der Waals surface area contributed by atoms with Gasteiger partial charge in [-0.25, -0.2) is 14.1 Å². The lowest BCUT2D eigenvalue weighted by Crippen LogP contribution is -2.37. The summed E-state index contributed by atoms with van der Waals surface area (Å²) in [4.78, 5) is 29.4. The number of rotatable bonds is 2. The van der Waals surface area contributed by atoms with E-state index in [0.717, 1.165) is 0 Å². The highest BCUT2D eigenvalue weighted by atomic mass is 19.1. The summed E-state index contributed by atoms with van der Waals surface area (Å²) < 4.78 is 15.0. The molecule has 146 valence electrons. The van der Waals surface area contributed by atoms with Crippen LogP contribution in [0.25, 0.3) is 16.7 Å². The quantitative estimate of drug-likeness (QED) is 0.619. The zero-order valence-corrected chi connectivity index (χ0v) is 15.4. The number of hydrogen-bond donors (Lipinski definition) is 2. The molecule has 3 aromatic rings. The summed E-state index contributed by atoms with van der Waals surface area (Å²) in [6.07, 6.45) is 1.71. The number of carbonyl (C=O) groups excluding carboxylic acids is 2. The summed E-state index contributed by atoms with van der Waals surface area (Å²) in [7, 11) is 1.61. The first kappa shape index (κ1) is 18.6. The third kappa shape index (κ3) is 3.19. The molecule has 2 amide bonds. The molecule has 1 fully saturated rings. The van der Waals surface area contributed by atoms with Crippen molar-refractivity contribution in [3.8, 4) is 17.7 Å². The normalized spacial score (nSPS) is 18.7. The van der Waals surface area contributed by atoms with Crippen LogP contribution in [0.15, 0.2) is 36.5 Å². The van der Waals surface area contributed by atoms with Gasteiger partial charge in [0.25, 0.3) is 11.8 Å². The van der Waals surface area contributed by atoms with Gasteiger partial charge in [0, 0.05) is 37.2 Å². The molecule has 4 rings (SSSR count). The number of nitrogens with zero attached hydrogens (tertiary/aromatic N) is 4. The first-order valence-electron chi connectivity index (χ1n) is 8.74. The number of halogens is 1. The van der Waals surface area contributed by atoms with Crippen LogP contribution in [0.2, 0.25) is 0 Å². The lowest BCUT2D eigenvalue weighted by atomic mass is 10.0. The highest BCUT2D eigenvalue weighted by Crippen LogP contribution is 2.23. The lowest BCUT2D eigenvalue weighted by Gasteiger charge is -2.13. The second-order valence-electron chi connectivity index (χ2n) is 6.78. The average Bonchev–Trinajstić information content (AvgIpc) is 3.20. The fourth-order valence-corrected chi connectivity index (χ4v) is 3.20. The van der Waals surface area contributed by atoms with E-state index in [0.29, 0.717) is 23.4 Å². The predicted octanol–water partition coefficient (Wildman–Crippen LogP) is 0.603. The molecule has 0 bridgehead atoms. The minimum Gasteiger partial charge on any atom is -0.369 e. The third-order valence-electron chi connectivity index (χ3n) is 4.76. The Morgan fingerprint density at radius 1 is 1.34 bits per heavy atom. The van der Waals surface area contributed by atoms with Crippen molar-refractivity contribution in [3.05, 3.63) is 53.6 Å². The maximum Gasteiger partial charge on any atom is 0.269 e. The molecule has 0 aliphatic carbocycles. The molecule has 1 aromatic carbocycles. The molecular weight excluding hydrogens is 377 g/mol. The molecular formula is C20H16FN5O3. The van der Waals surface area contributed by atoms with E-state index in [1.54, 1.807) is 19.2 Å². The van der Waals surface area contributed by atoms with Gasteiger partial charge in [-0.2, -0.15) is 5.10 Å². The molecule has 0 radical (unpaired) electrons. The Kier molecular flexibility index (Phi) is 4.28. The minimum atomic E-state index is -1.72. The monoisotopic (exact) mass is 393 g/mol. The Labute approximate surface area is 164 Å². The van der Waals surface area contributed by atoms with Gasteiger partial charge in [0.1, 0.15) is 5.82 Å². The number of likely N-dealkylation sites (N-methyl/N-ethyl adjacent to an activating group) is 1. The van der Waals surface area contributed by atoms with E-state index in [1.807, 2.05) is 0 Å². The Morgan fingerprint density at radius 3 is 2.83 bits per heavy atom. The number of primary amides is 1. The van der Waals surface area contributed by atoms with E-state index < -0.39 is 23.2 Å². The number of aliphatic hydroxyl groups is 1. The minimum absolute atomic E-state index is 0.0771. The maximum absolute atomic E-state index is 13.6. The van der Waals surface area contributed by atoms with Crippen molar-refractivity contribution in [2.75, 3.05) is 13.6 Å². The smallest absolute Gasteiger partial charge is 0.269 e. The summed E-state index contributed by atoms with van der Waals surface area (Å²) >= 11 is 0. The second kappa shape index (κ2) is 6.68. The summed E-state index contributed by atoms with van der Waals surface area (Å²) in [6, 6.07) is 7.09. The molecule has 0 spiro atoms. The van der Waals surface area contributed by atoms with Crippen LogP contribution >= 0.6 is 0 Å². The largest absolute Gasteiger partial charge is 0.369 e. The van der Waals surface area contributed by atoms with Gasteiger partial charge in [-0.05, 0) is 30.3 Å². The van der Waals surface area contributed by atoms with Crippen LogP contribution in [-0.4, -0.2) is 55.8 Å². The number of pyridine rings is 1. The fraction of sp³-hybridized carbons (Fsp3) is 0.200. The standard InChI is InChI=1S/C20H16FN5O3/c1-25-9-7-20(29,19(25)28)6-4-12-5-8-23-16(10-12)26-15-3-2-13(21)11-14(15)17(24-26)18(22)27/h2-3,5,8,10-11,29H,7,9H2,1H3,(H2,22,27)/t20-/m0/s1. The van der Waals surface area contributed by atoms with Gasteiger partial charge >= 0.3 is 0 Å². The van der Waals surface area contributed by atoms with Crippen LogP contribution in [0.5, 0.6) is 0 Å². The SMILES string of the molecule is CN1CC[C@@](O)(C#Cc2ccnc(-n3nc(C(N)=O)c4cc(F)ccc43)c2)C1=O. The molecule has 3 N–H and O–H groups in total. The van der Waals surface area contributed by atoms with Gasteiger partial charge in [0.05, 0.1) is 5.52 Å². The van der Waals surface area contributed by atoms with Gasteiger partial charge in [-0.3, -0.25) is 9.59 Å². The maximum atomic E-state index is 13.6. The number of hydrogen-bond acceptors (Lipinski definition) is 5. The lowest BCUT2D eigenvalue weighted by molar-refractivity contribution is -0.137. The van der Waals surface area contributed by atoms with Crippen molar-refractivity contribution in [1.29, 1.82) is 0 Å². The number of aromatic nitrogens is 3. The second-order valence-corrected chi connectivity index (χ2v) is 6.78. The van der Waals surface area contributed by atoms with E-state index in [9.17, 15) is 19.1 Å². The van der Waals surface area contributed by atoms with Crippen LogP contribution in [0.4, 0.5) is 4.39 Å². The predicted molar refractivity (Wildman–Crippen MR) is 101 cm³/mol. The third-order valence-corrected chi connectivity index (χ3v) is 4.76. The summed E-state index contributed by atoms with van der Waals surface area (Å²) in [6.45, 7) is 0.428. The molecule has 1 aliphatic rings. The van der Waals surface area contributed by atoms with Crippen molar-refractivity contribution < 1.29 is 19.1 Å². The topological polar surface area (TPSA) is 114 Å². The van der Waals surface area contributed by atoms with Crippen LogP contribution in [0.3, 0.4) is 0 Å². The molecule has 0 saturated carbocycles. The number of fused-ring (bicyclic) bond motifs is 1. The Bertz CT molecular complexity index is 1230. The molecule has 29 heavy (non-hydrogen) atoms. The van der Waals surface area contributed by atoms with Gasteiger partial charge in [0.2, 0.25) is 5.60 Å². The Balaban J connectivity index is 1.77. The van der Waals surface area contributed by atoms with E-state index in [2.05, 4.69) is 21.9 Å². The molecule has 1 atom stereocenters. The Hall–Kier alpha value is -3.77. The zero-order chi connectivity index (χ0) is 20.8. The van der Waals surface area contributed by atoms with Crippen molar-refractivity contribution in [2.45, 2.75) is 12.0 Å². The number of likely N-dealkylation sites (tertiary alicyclic amines) is 1. The van der Waals surface area contributed by atoms with Crippen molar-refractivity contribution in [3.63, 3.8) is 0 Å². The molecule has 2 aromatic heterocycles. The Morgan fingerprint density at radius 2 is 2.14 bits per heavy atom. The molecule has 3 heterocycles. The molecule has 1 aliphatic heterocycles. The molecule has 9 heteroatoms. The fourth-order valence-electron chi connectivity index (χ4n) is 3.20.